The van der Waals surface area contributed by atoms with Gasteiger partial charge in [-0.3, -0.25) is 14.1 Å². The third kappa shape index (κ3) is 4.07. The second kappa shape index (κ2) is 9.72. The first-order chi connectivity index (χ1) is 16.7. The molecule has 0 saturated heterocycles. The summed E-state index contributed by atoms with van der Waals surface area (Å²) in [7, 11) is 1.72. The van der Waals surface area contributed by atoms with Crippen molar-refractivity contribution in [3.8, 4) is 22.5 Å². The lowest BCUT2D eigenvalue weighted by molar-refractivity contribution is -0.0105. The Balaban J connectivity index is 1.56. The molecule has 1 N–H and O–H groups in total. The molecule has 0 amide bonds. The summed E-state index contributed by atoms with van der Waals surface area (Å²) >= 11 is 0. The van der Waals surface area contributed by atoms with E-state index in [-0.39, 0.29) is 17.8 Å². The summed E-state index contributed by atoms with van der Waals surface area (Å²) in [5.41, 5.74) is 4.87. The van der Waals surface area contributed by atoms with Gasteiger partial charge >= 0.3 is 5.69 Å². The molecule has 1 aromatic carbocycles. The van der Waals surface area contributed by atoms with Crippen molar-refractivity contribution in [3.63, 3.8) is 0 Å². The molecule has 176 valence electrons. The minimum atomic E-state index is 0.0131. The number of ether oxygens (including phenoxy) is 1. The maximum atomic E-state index is 13.6. The molecule has 1 saturated carbocycles. The fourth-order valence-electron chi connectivity index (χ4n) is 4.73. The van der Waals surface area contributed by atoms with Crippen molar-refractivity contribution in [2.75, 3.05) is 7.11 Å². The maximum Gasteiger partial charge on any atom is 0.329 e. The smallest absolute Gasteiger partial charge is 0.329 e. The van der Waals surface area contributed by atoms with E-state index < -0.39 is 0 Å². The highest BCUT2D eigenvalue weighted by Crippen LogP contribution is 2.35. The highest BCUT2D eigenvalue weighted by atomic mass is 16.5. The van der Waals surface area contributed by atoms with E-state index in [1.807, 2.05) is 51.9 Å². The molecule has 1 aliphatic rings. The summed E-state index contributed by atoms with van der Waals surface area (Å²) in [5, 5.41) is 14.6. The van der Waals surface area contributed by atoms with Crippen LogP contribution in [-0.2, 0) is 17.7 Å². The third-order valence-corrected chi connectivity index (χ3v) is 6.74. The molecule has 2 unspecified atom stereocenters. The lowest BCUT2D eigenvalue weighted by Gasteiger charge is -2.35. The van der Waals surface area contributed by atoms with Crippen LogP contribution in [0.2, 0.25) is 0 Å². The van der Waals surface area contributed by atoms with E-state index in [4.69, 9.17) is 4.74 Å². The van der Waals surface area contributed by atoms with Crippen LogP contribution in [-0.4, -0.2) is 48.0 Å². The van der Waals surface area contributed by atoms with E-state index in [9.17, 15) is 4.79 Å². The number of hydrogen-bond donors (Lipinski definition) is 1. The van der Waals surface area contributed by atoms with Gasteiger partial charge in [-0.2, -0.15) is 5.21 Å². The van der Waals surface area contributed by atoms with Crippen LogP contribution in [0.25, 0.3) is 22.5 Å². The van der Waals surface area contributed by atoms with E-state index >= 15 is 0 Å². The van der Waals surface area contributed by atoms with Crippen molar-refractivity contribution >= 4 is 0 Å². The highest BCUT2D eigenvalue weighted by Gasteiger charge is 2.34. The number of H-pyrrole nitrogens is 1. The molecule has 0 spiro atoms. The molecule has 9 nitrogen and oxygen atoms in total. The van der Waals surface area contributed by atoms with Gasteiger partial charge in [-0.1, -0.05) is 37.6 Å². The number of unbranched alkanes of at least 4 members (excludes halogenated alkanes) is 1. The van der Waals surface area contributed by atoms with Gasteiger partial charge in [-0.05, 0) is 53.7 Å². The molecule has 9 heteroatoms. The predicted molar refractivity (Wildman–Crippen MR) is 128 cm³/mol. The third-order valence-electron chi connectivity index (χ3n) is 6.74. The maximum absolute atomic E-state index is 13.6. The molecule has 2 atom stereocenters. The Bertz CT molecular complexity index is 1310. The van der Waals surface area contributed by atoms with Crippen molar-refractivity contribution in [3.05, 3.63) is 70.7 Å². The van der Waals surface area contributed by atoms with Gasteiger partial charge in [0.1, 0.15) is 0 Å². The first-order valence-electron chi connectivity index (χ1n) is 11.8. The molecule has 4 aromatic rings. The summed E-state index contributed by atoms with van der Waals surface area (Å²) in [5.74, 6) is 0.529. The molecular formula is C25H29N7O2. The monoisotopic (exact) mass is 459 g/mol. The second-order valence-electron chi connectivity index (χ2n) is 8.73. The number of nitrogens with zero attached hydrogens (tertiary/aromatic N) is 6. The average molecular weight is 460 g/mol. The molecule has 0 radical (unpaired) electrons. The number of benzene rings is 1. The van der Waals surface area contributed by atoms with E-state index in [0.29, 0.717) is 12.4 Å². The first-order valence-corrected chi connectivity index (χ1v) is 11.8. The number of imidazole rings is 1. The standard InChI is InChI=1S/C25H29N7O2/c1-3-4-7-18-16-32(22-10-11-23(22)34-2)25(33)31(18)15-17-14-26-13-12-19(17)20-8-5-6-9-21(20)24-27-29-30-28-24/h5-6,8-9,12-14,16,22-23H,3-4,7,10-11,15H2,1-2H3,(H,27,28,29,30). The minimum absolute atomic E-state index is 0.0131. The first kappa shape index (κ1) is 22.2. The zero-order valence-corrected chi connectivity index (χ0v) is 19.5. The molecule has 3 heterocycles. The Kier molecular flexibility index (Phi) is 6.35. The van der Waals surface area contributed by atoms with Crippen molar-refractivity contribution in [1.82, 2.24) is 34.7 Å². The lowest BCUT2D eigenvalue weighted by Crippen LogP contribution is -2.40. The predicted octanol–water partition coefficient (Wildman–Crippen LogP) is 3.63. The van der Waals surface area contributed by atoms with Crippen molar-refractivity contribution in [1.29, 1.82) is 0 Å². The SMILES string of the molecule is CCCCc1cn(C2CCC2OC)c(=O)n1Cc1cnccc1-c1ccccc1-c1nn[nH]n1. The molecule has 5 rings (SSSR count). The van der Waals surface area contributed by atoms with Gasteiger partial charge in [0.2, 0.25) is 5.82 Å². The molecule has 0 aliphatic heterocycles. The Labute approximate surface area is 197 Å². The number of aromatic amines is 1. The second-order valence-corrected chi connectivity index (χ2v) is 8.73. The van der Waals surface area contributed by atoms with E-state index in [1.165, 1.54) is 0 Å². The fourth-order valence-corrected chi connectivity index (χ4v) is 4.73. The van der Waals surface area contributed by atoms with Crippen LogP contribution in [0.15, 0.2) is 53.7 Å². The van der Waals surface area contributed by atoms with Crippen LogP contribution in [0.1, 0.15) is 49.9 Å². The summed E-state index contributed by atoms with van der Waals surface area (Å²) in [4.78, 5) is 18.0. The molecule has 1 aliphatic carbocycles. The number of methoxy groups -OCH3 is 1. The lowest BCUT2D eigenvalue weighted by atomic mass is 9.89. The zero-order chi connectivity index (χ0) is 23.5. The van der Waals surface area contributed by atoms with Gasteiger partial charge in [0.15, 0.2) is 0 Å². The summed E-state index contributed by atoms with van der Waals surface area (Å²) in [6.45, 7) is 2.61. The number of pyridine rings is 1. The normalized spacial score (nSPS) is 17.6. The topological polar surface area (TPSA) is 104 Å². The largest absolute Gasteiger partial charge is 0.379 e. The Morgan fingerprint density at radius 1 is 1.15 bits per heavy atom. The van der Waals surface area contributed by atoms with Crippen LogP contribution < -0.4 is 5.69 Å². The molecular weight excluding hydrogens is 430 g/mol. The van der Waals surface area contributed by atoms with Crippen molar-refractivity contribution in [2.45, 2.75) is 57.7 Å². The average Bonchev–Trinajstić information content (AvgIpc) is 3.48. The number of aromatic nitrogens is 7. The van der Waals surface area contributed by atoms with Gasteiger partial charge in [-0.15, -0.1) is 10.2 Å². The highest BCUT2D eigenvalue weighted by molar-refractivity contribution is 5.81. The number of tetrazole rings is 1. The van der Waals surface area contributed by atoms with Crippen LogP contribution in [0, 0.1) is 0 Å². The molecule has 3 aromatic heterocycles. The number of hydrogen-bond acceptors (Lipinski definition) is 6. The van der Waals surface area contributed by atoms with Crippen LogP contribution in [0.5, 0.6) is 0 Å². The van der Waals surface area contributed by atoms with Gasteiger partial charge in [0.05, 0.1) is 18.7 Å². The van der Waals surface area contributed by atoms with Gasteiger partial charge < -0.3 is 4.74 Å². The summed E-state index contributed by atoms with van der Waals surface area (Å²) in [6, 6.07) is 10.0. The summed E-state index contributed by atoms with van der Waals surface area (Å²) < 4.78 is 9.37. The van der Waals surface area contributed by atoms with Gasteiger partial charge in [-0.25, -0.2) is 4.79 Å². The zero-order valence-electron chi connectivity index (χ0n) is 19.5. The van der Waals surface area contributed by atoms with Crippen LogP contribution >= 0.6 is 0 Å². The molecule has 0 bridgehead atoms. The van der Waals surface area contributed by atoms with Crippen molar-refractivity contribution in [2.24, 2.45) is 0 Å². The quantitative estimate of drug-likeness (QED) is 0.410. The van der Waals surface area contributed by atoms with Crippen LogP contribution in [0.4, 0.5) is 0 Å². The molecule has 34 heavy (non-hydrogen) atoms. The number of aryl methyl sites for hydroxylation is 1. The van der Waals surface area contributed by atoms with Crippen LogP contribution in [0.3, 0.4) is 0 Å². The van der Waals surface area contributed by atoms with Gasteiger partial charge in [0.25, 0.3) is 0 Å². The number of nitrogens with one attached hydrogen (secondary N) is 1. The van der Waals surface area contributed by atoms with E-state index in [0.717, 1.165) is 60.1 Å². The summed E-state index contributed by atoms with van der Waals surface area (Å²) in [6.07, 6.45) is 10.7. The number of rotatable bonds is 9. The van der Waals surface area contributed by atoms with Gasteiger partial charge in [0, 0.05) is 37.0 Å². The molecule has 1 fully saturated rings. The van der Waals surface area contributed by atoms with E-state index in [1.54, 1.807) is 13.3 Å². The Hall–Kier alpha value is -3.59. The Morgan fingerprint density at radius 3 is 2.71 bits per heavy atom. The minimum Gasteiger partial charge on any atom is -0.379 e. The van der Waals surface area contributed by atoms with Crippen molar-refractivity contribution < 1.29 is 4.74 Å². The fraction of sp³-hybridized carbons (Fsp3) is 0.400. The van der Waals surface area contributed by atoms with E-state index in [2.05, 4.69) is 32.5 Å². The Morgan fingerprint density at radius 2 is 2.00 bits per heavy atom.